The van der Waals surface area contributed by atoms with Crippen LogP contribution >= 0.6 is 11.6 Å². The van der Waals surface area contributed by atoms with Crippen LogP contribution in [-0.2, 0) is 14.6 Å². The Morgan fingerprint density at radius 3 is 2.62 bits per heavy atom. The van der Waals surface area contributed by atoms with E-state index in [-0.39, 0.29) is 28.6 Å². The first-order chi connectivity index (χ1) is 9.60. The van der Waals surface area contributed by atoms with E-state index in [0.717, 1.165) is 12.3 Å². The van der Waals surface area contributed by atoms with Gasteiger partial charge >= 0.3 is 0 Å². The summed E-state index contributed by atoms with van der Waals surface area (Å²) in [6.07, 6.45) is 1.03. The van der Waals surface area contributed by atoms with Crippen molar-refractivity contribution < 1.29 is 18.1 Å². The molecule has 1 amide bonds. The Balaban J connectivity index is 2.70. The summed E-state index contributed by atoms with van der Waals surface area (Å²) in [5, 5.41) is 12.9. The number of nitrogens with two attached hydrogens (primary N) is 1. The number of nitro benzene ring substituents is 1. The molecule has 1 rings (SSSR count). The molecule has 21 heavy (non-hydrogen) atoms. The maximum Gasteiger partial charge on any atom is 0.288 e. The summed E-state index contributed by atoms with van der Waals surface area (Å²) in [4.78, 5) is 21.7. The molecule has 0 heterocycles. The molecule has 3 N–H and O–H groups in total. The van der Waals surface area contributed by atoms with Gasteiger partial charge in [0.15, 0.2) is 0 Å². The van der Waals surface area contributed by atoms with Crippen molar-refractivity contribution in [2.45, 2.75) is 12.5 Å². The van der Waals surface area contributed by atoms with Gasteiger partial charge in [-0.3, -0.25) is 14.9 Å². The Morgan fingerprint density at radius 2 is 2.14 bits per heavy atom. The minimum absolute atomic E-state index is 0.0224. The maximum atomic E-state index is 11.8. The van der Waals surface area contributed by atoms with Crippen molar-refractivity contribution in [3.8, 4) is 0 Å². The lowest BCUT2D eigenvalue weighted by Crippen LogP contribution is -2.37. The summed E-state index contributed by atoms with van der Waals surface area (Å²) in [5.74, 6) is -0.800. The molecule has 0 bridgehead atoms. The van der Waals surface area contributed by atoms with E-state index in [2.05, 4.69) is 5.32 Å². The van der Waals surface area contributed by atoms with E-state index in [9.17, 15) is 23.3 Å². The molecule has 1 unspecified atom stereocenters. The van der Waals surface area contributed by atoms with E-state index in [4.69, 9.17) is 17.3 Å². The highest BCUT2D eigenvalue weighted by Crippen LogP contribution is 2.27. The number of carbonyl (C=O) groups is 1. The zero-order valence-electron chi connectivity index (χ0n) is 11.1. The fourth-order valence-corrected chi connectivity index (χ4v) is 2.37. The van der Waals surface area contributed by atoms with Crippen LogP contribution in [0.5, 0.6) is 0 Å². The van der Waals surface area contributed by atoms with Gasteiger partial charge in [0.25, 0.3) is 5.69 Å². The smallest absolute Gasteiger partial charge is 0.288 e. The van der Waals surface area contributed by atoms with Gasteiger partial charge in [0, 0.05) is 18.0 Å². The van der Waals surface area contributed by atoms with Gasteiger partial charge in [-0.25, -0.2) is 8.42 Å². The molecule has 0 aliphatic rings. The predicted octanol–water partition coefficient (Wildman–Crippen LogP) is 0.949. The molecule has 1 atom stereocenters. The van der Waals surface area contributed by atoms with Crippen LogP contribution in [0.15, 0.2) is 18.2 Å². The summed E-state index contributed by atoms with van der Waals surface area (Å²) < 4.78 is 22.0. The van der Waals surface area contributed by atoms with Gasteiger partial charge in [0.1, 0.15) is 14.9 Å². The van der Waals surface area contributed by atoms with Crippen LogP contribution < -0.4 is 11.1 Å². The van der Waals surface area contributed by atoms with E-state index in [0.29, 0.717) is 0 Å². The number of rotatable bonds is 6. The van der Waals surface area contributed by atoms with Crippen LogP contribution in [0, 0.1) is 10.1 Å². The second-order valence-electron chi connectivity index (χ2n) is 4.44. The van der Waals surface area contributed by atoms with Crippen LogP contribution in [0.2, 0.25) is 5.02 Å². The van der Waals surface area contributed by atoms with Crippen molar-refractivity contribution in [1.82, 2.24) is 0 Å². The van der Waals surface area contributed by atoms with Crippen molar-refractivity contribution in [3.63, 3.8) is 0 Å². The van der Waals surface area contributed by atoms with Gasteiger partial charge in [-0.05, 0) is 18.6 Å². The molecule has 0 aromatic heterocycles. The molecule has 0 radical (unpaired) electrons. The van der Waals surface area contributed by atoms with E-state index < -0.39 is 26.7 Å². The molecular weight excluding hydrogens is 322 g/mol. The summed E-state index contributed by atoms with van der Waals surface area (Å²) in [6, 6.07) is 2.68. The second-order valence-corrected chi connectivity index (χ2v) is 7.10. The SMILES string of the molecule is CS(=O)(=O)CCC(N)C(=O)Nc1ccc([N+](=O)[O-])c(Cl)c1. The fraction of sp³-hybridized carbons (Fsp3) is 0.364. The fourth-order valence-electron chi connectivity index (χ4n) is 1.44. The van der Waals surface area contributed by atoms with Crippen LogP contribution in [0.25, 0.3) is 0 Å². The molecule has 0 spiro atoms. The van der Waals surface area contributed by atoms with Crippen molar-refractivity contribution in [2.75, 3.05) is 17.3 Å². The van der Waals surface area contributed by atoms with Gasteiger partial charge in [0.2, 0.25) is 5.91 Å². The minimum atomic E-state index is -3.20. The Morgan fingerprint density at radius 1 is 1.52 bits per heavy atom. The number of carbonyl (C=O) groups excluding carboxylic acids is 1. The predicted molar refractivity (Wildman–Crippen MR) is 79.0 cm³/mol. The van der Waals surface area contributed by atoms with Crippen LogP contribution in [-0.4, -0.2) is 37.3 Å². The molecule has 1 aromatic rings. The van der Waals surface area contributed by atoms with Gasteiger partial charge in [-0.2, -0.15) is 0 Å². The number of nitrogens with zero attached hydrogens (tertiary/aromatic N) is 1. The zero-order valence-corrected chi connectivity index (χ0v) is 12.6. The number of hydrogen-bond donors (Lipinski definition) is 2. The van der Waals surface area contributed by atoms with Crippen molar-refractivity contribution in [2.24, 2.45) is 5.73 Å². The number of nitro groups is 1. The molecule has 1 aromatic carbocycles. The number of benzene rings is 1. The highest BCUT2D eigenvalue weighted by atomic mass is 35.5. The molecule has 0 saturated heterocycles. The number of amides is 1. The number of anilines is 1. The molecule has 0 fully saturated rings. The molecule has 10 heteroatoms. The zero-order chi connectivity index (χ0) is 16.2. The summed E-state index contributed by atoms with van der Waals surface area (Å²) >= 11 is 5.70. The minimum Gasteiger partial charge on any atom is -0.325 e. The largest absolute Gasteiger partial charge is 0.325 e. The molecular formula is C11H14ClN3O5S. The number of sulfone groups is 1. The Kier molecular flexibility index (Phi) is 5.64. The van der Waals surface area contributed by atoms with Crippen molar-refractivity contribution >= 4 is 38.7 Å². The number of halogens is 1. The van der Waals surface area contributed by atoms with E-state index in [1.807, 2.05) is 0 Å². The topological polar surface area (TPSA) is 132 Å². The van der Waals surface area contributed by atoms with Gasteiger partial charge in [-0.15, -0.1) is 0 Å². The average Bonchev–Trinajstić information content (AvgIpc) is 2.34. The number of hydrogen-bond acceptors (Lipinski definition) is 6. The standard InChI is InChI=1S/C11H14ClN3O5S/c1-21(19,20)5-4-9(13)11(16)14-7-2-3-10(15(17)18)8(12)6-7/h2-3,6,9H,4-5,13H2,1H3,(H,14,16). The maximum absolute atomic E-state index is 11.8. The lowest BCUT2D eigenvalue weighted by molar-refractivity contribution is -0.384. The van der Waals surface area contributed by atoms with Crippen LogP contribution in [0.3, 0.4) is 0 Å². The van der Waals surface area contributed by atoms with Crippen molar-refractivity contribution in [1.29, 1.82) is 0 Å². The number of nitrogens with one attached hydrogen (secondary N) is 1. The van der Waals surface area contributed by atoms with Gasteiger partial charge in [-0.1, -0.05) is 11.6 Å². The van der Waals surface area contributed by atoms with Crippen molar-refractivity contribution in [3.05, 3.63) is 33.3 Å². The van der Waals surface area contributed by atoms with Crippen LogP contribution in [0.1, 0.15) is 6.42 Å². The summed E-state index contributed by atoms with van der Waals surface area (Å²) in [7, 11) is -3.20. The van der Waals surface area contributed by atoms with E-state index >= 15 is 0 Å². The third-order valence-corrected chi connectivity index (χ3v) is 3.83. The molecule has 116 valence electrons. The normalized spacial score (nSPS) is 12.7. The monoisotopic (exact) mass is 335 g/mol. The molecule has 0 aliphatic carbocycles. The van der Waals surface area contributed by atoms with E-state index in [1.165, 1.54) is 12.1 Å². The Labute approximate surface area is 126 Å². The highest BCUT2D eigenvalue weighted by molar-refractivity contribution is 7.90. The average molecular weight is 336 g/mol. The lowest BCUT2D eigenvalue weighted by Gasteiger charge is -2.11. The second kappa shape index (κ2) is 6.83. The van der Waals surface area contributed by atoms with Gasteiger partial charge < -0.3 is 11.1 Å². The Bertz CT molecular complexity index is 662. The van der Waals surface area contributed by atoms with Crippen LogP contribution in [0.4, 0.5) is 11.4 Å². The first-order valence-corrected chi connectivity index (χ1v) is 8.22. The molecule has 0 saturated carbocycles. The first-order valence-electron chi connectivity index (χ1n) is 5.78. The van der Waals surface area contributed by atoms with E-state index in [1.54, 1.807) is 0 Å². The molecule has 8 nitrogen and oxygen atoms in total. The quantitative estimate of drug-likeness (QED) is 0.587. The third kappa shape index (κ3) is 5.66. The first kappa shape index (κ1) is 17.3. The van der Waals surface area contributed by atoms with Gasteiger partial charge in [0.05, 0.1) is 16.7 Å². The molecule has 0 aliphatic heterocycles. The highest BCUT2D eigenvalue weighted by Gasteiger charge is 2.18. The Hall–Kier alpha value is -1.71. The lowest BCUT2D eigenvalue weighted by atomic mass is 10.2. The summed E-state index contributed by atoms with van der Waals surface area (Å²) in [5.41, 5.74) is 5.53. The summed E-state index contributed by atoms with van der Waals surface area (Å²) in [6.45, 7) is 0. The third-order valence-electron chi connectivity index (χ3n) is 2.55.